The van der Waals surface area contributed by atoms with Gasteiger partial charge in [-0.25, -0.2) is 0 Å². The Kier molecular flexibility index (Phi) is 5.52. The van der Waals surface area contributed by atoms with Gasteiger partial charge in [0, 0.05) is 11.1 Å². The van der Waals surface area contributed by atoms with Crippen LogP contribution in [-0.4, -0.2) is 6.54 Å². The van der Waals surface area contributed by atoms with Crippen molar-refractivity contribution in [2.24, 2.45) is 5.92 Å². The van der Waals surface area contributed by atoms with E-state index in [1.54, 1.807) is 0 Å². The summed E-state index contributed by atoms with van der Waals surface area (Å²) in [7, 11) is 0. The molecule has 0 bridgehead atoms. The molecule has 2 rings (SSSR count). The Balaban J connectivity index is 1.82. The normalized spacial score (nSPS) is 19.4. The summed E-state index contributed by atoms with van der Waals surface area (Å²) in [5, 5.41) is 4.49. The van der Waals surface area contributed by atoms with Gasteiger partial charge >= 0.3 is 0 Å². The van der Waals surface area contributed by atoms with Crippen molar-refractivity contribution in [3.05, 3.63) is 34.9 Å². The van der Waals surface area contributed by atoms with Crippen LogP contribution in [0.4, 0.5) is 0 Å². The Hall–Kier alpha value is -0.530. The molecule has 100 valence electrons. The molecule has 0 spiro atoms. The molecule has 0 aliphatic heterocycles. The maximum Gasteiger partial charge on any atom is 0.0409 e. The number of benzene rings is 1. The number of halogens is 1. The van der Waals surface area contributed by atoms with Gasteiger partial charge in [0.05, 0.1) is 0 Å². The number of hydrogen-bond acceptors (Lipinski definition) is 1. The first-order chi connectivity index (χ1) is 8.75. The van der Waals surface area contributed by atoms with E-state index >= 15 is 0 Å². The Bertz CT molecular complexity index is 356. The summed E-state index contributed by atoms with van der Waals surface area (Å²) in [5.74, 6) is 0.870. The van der Waals surface area contributed by atoms with Gasteiger partial charge in [0.25, 0.3) is 0 Å². The van der Waals surface area contributed by atoms with Crippen molar-refractivity contribution in [3.8, 4) is 0 Å². The second-order valence-corrected chi connectivity index (χ2v) is 5.98. The predicted molar refractivity (Wildman–Crippen MR) is 79.1 cm³/mol. The third-order valence-corrected chi connectivity index (χ3v) is 4.27. The van der Waals surface area contributed by atoms with E-state index in [1.165, 1.54) is 44.1 Å². The molecule has 1 fully saturated rings. The van der Waals surface area contributed by atoms with Gasteiger partial charge in [-0.1, -0.05) is 49.4 Å². The molecule has 1 aliphatic rings. The van der Waals surface area contributed by atoms with Crippen molar-refractivity contribution in [2.45, 2.75) is 51.5 Å². The molecule has 0 radical (unpaired) electrons. The molecule has 0 heterocycles. The molecule has 1 saturated carbocycles. The lowest BCUT2D eigenvalue weighted by atomic mass is 9.99. The molecule has 1 aromatic rings. The van der Waals surface area contributed by atoms with E-state index in [1.807, 2.05) is 12.1 Å². The van der Waals surface area contributed by atoms with E-state index in [2.05, 4.69) is 24.4 Å². The lowest BCUT2D eigenvalue weighted by Crippen LogP contribution is -2.25. The standard InChI is InChI=1S/C16H24ClN/c1-13(15-9-6-10-16(17)11-15)18-12-14-7-4-2-3-5-8-14/h6,9-11,13-14,18H,2-5,7-8,12H2,1H3. The first-order valence-electron chi connectivity index (χ1n) is 7.24. The highest BCUT2D eigenvalue weighted by molar-refractivity contribution is 6.30. The van der Waals surface area contributed by atoms with Crippen LogP contribution in [0.5, 0.6) is 0 Å². The van der Waals surface area contributed by atoms with Gasteiger partial charge in [0.1, 0.15) is 0 Å². The molecule has 1 nitrogen and oxygen atoms in total. The topological polar surface area (TPSA) is 12.0 Å². The van der Waals surface area contributed by atoms with Gasteiger partial charge in [-0.2, -0.15) is 0 Å². The van der Waals surface area contributed by atoms with Crippen LogP contribution in [0.25, 0.3) is 0 Å². The Morgan fingerprint density at radius 1 is 1.22 bits per heavy atom. The van der Waals surface area contributed by atoms with Crippen LogP contribution >= 0.6 is 11.6 Å². The fraction of sp³-hybridized carbons (Fsp3) is 0.625. The molecule has 1 N–H and O–H groups in total. The summed E-state index contributed by atoms with van der Waals surface area (Å²) in [6.45, 7) is 3.37. The summed E-state index contributed by atoms with van der Waals surface area (Å²) in [5.41, 5.74) is 1.29. The Labute approximate surface area is 116 Å². The van der Waals surface area contributed by atoms with Crippen molar-refractivity contribution >= 4 is 11.6 Å². The predicted octanol–water partition coefficient (Wildman–Crippen LogP) is 4.96. The number of rotatable bonds is 4. The van der Waals surface area contributed by atoms with Gasteiger partial charge in [0.15, 0.2) is 0 Å². The minimum absolute atomic E-state index is 0.395. The average molecular weight is 266 g/mol. The highest BCUT2D eigenvalue weighted by atomic mass is 35.5. The quantitative estimate of drug-likeness (QED) is 0.759. The highest BCUT2D eigenvalue weighted by Crippen LogP contribution is 2.23. The monoisotopic (exact) mass is 265 g/mol. The maximum atomic E-state index is 6.03. The molecular weight excluding hydrogens is 242 g/mol. The summed E-state index contributed by atoms with van der Waals surface area (Å²) in [6.07, 6.45) is 8.49. The van der Waals surface area contributed by atoms with Crippen molar-refractivity contribution in [1.82, 2.24) is 5.32 Å². The van der Waals surface area contributed by atoms with Crippen molar-refractivity contribution < 1.29 is 0 Å². The second-order valence-electron chi connectivity index (χ2n) is 5.54. The second kappa shape index (κ2) is 7.16. The minimum Gasteiger partial charge on any atom is -0.310 e. The largest absolute Gasteiger partial charge is 0.310 e. The van der Waals surface area contributed by atoms with E-state index in [-0.39, 0.29) is 0 Å². The molecule has 1 atom stereocenters. The van der Waals surface area contributed by atoms with Crippen LogP contribution in [0.2, 0.25) is 5.02 Å². The molecule has 1 aromatic carbocycles. The smallest absolute Gasteiger partial charge is 0.0409 e. The van der Waals surface area contributed by atoms with Gasteiger partial charge in [0.2, 0.25) is 0 Å². The van der Waals surface area contributed by atoms with Crippen LogP contribution in [-0.2, 0) is 0 Å². The van der Waals surface area contributed by atoms with E-state index < -0.39 is 0 Å². The molecular formula is C16H24ClN. The van der Waals surface area contributed by atoms with Crippen LogP contribution in [0.3, 0.4) is 0 Å². The van der Waals surface area contributed by atoms with Crippen molar-refractivity contribution in [1.29, 1.82) is 0 Å². The van der Waals surface area contributed by atoms with E-state index in [0.717, 1.165) is 17.5 Å². The average Bonchev–Trinajstić information content (AvgIpc) is 2.64. The molecule has 2 heteroatoms. The first-order valence-corrected chi connectivity index (χ1v) is 7.62. The van der Waals surface area contributed by atoms with Crippen LogP contribution < -0.4 is 5.32 Å². The summed E-state index contributed by atoms with van der Waals surface area (Å²) in [4.78, 5) is 0. The third-order valence-electron chi connectivity index (χ3n) is 4.04. The first kappa shape index (κ1) is 13.9. The van der Waals surface area contributed by atoms with Crippen molar-refractivity contribution in [3.63, 3.8) is 0 Å². The molecule has 1 unspecified atom stereocenters. The molecule has 1 aliphatic carbocycles. The number of nitrogens with one attached hydrogen (secondary N) is 1. The zero-order valence-electron chi connectivity index (χ0n) is 11.3. The van der Waals surface area contributed by atoms with E-state index in [0.29, 0.717) is 6.04 Å². The Morgan fingerprint density at radius 3 is 2.61 bits per heavy atom. The van der Waals surface area contributed by atoms with E-state index in [4.69, 9.17) is 11.6 Å². The van der Waals surface area contributed by atoms with Crippen LogP contribution in [0, 0.1) is 5.92 Å². The summed E-state index contributed by atoms with van der Waals surface area (Å²) in [6, 6.07) is 8.57. The van der Waals surface area contributed by atoms with Crippen LogP contribution in [0.1, 0.15) is 57.1 Å². The lowest BCUT2D eigenvalue weighted by Gasteiger charge is -2.19. The molecule has 0 saturated heterocycles. The van der Waals surface area contributed by atoms with Gasteiger partial charge in [-0.3, -0.25) is 0 Å². The zero-order valence-corrected chi connectivity index (χ0v) is 12.0. The fourth-order valence-corrected chi connectivity index (χ4v) is 3.00. The fourth-order valence-electron chi connectivity index (χ4n) is 2.81. The highest BCUT2D eigenvalue weighted by Gasteiger charge is 2.13. The number of hydrogen-bond donors (Lipinski definition) is 1. The summed E-state index contributed by atoms with van der Waals surface area (Å²) >= 11 is 6.03. The van der Waals surface area contributed by atoms with Crippen molar-refractivity contribution in [2.75, 3.05) is 6.54 Å². The lowest BCUT2D eigenvalue weighted by molar-refractivity contribution is 0.403. The van der Waals surface area contributed by atoms with Gasteiger partial charge < -0.3 is 5.32 Å². The van der Waals surface area contributed by atoms with Gasteiger partial charge in [-0.15, -0.1) is 0 Å². The van der Waals surface area contributed by atoms with E-state index in [9.17, 15) is 0 Å². The van der Waals surface area contributed by atoms with Crippen LogP contribution in [0.15, 0.2) is 24.3 Å². The Morgan fingerprint density at radius 2 is 1.94 bits per heavy atom. The SMILES string of the molecule is CC(NCC1CCCCCC1)c1cccc(Cl)c1. The maximum absolute atomic E-state index is 6.03. The molecule has 0 amide bonds. The zero-order chi connectivity index (χ0) is 12.8. The molecule has 18 heavy (non-hydrogen) atoms. The third kappa shape index (κ3) is 4.29. The molecule has 0 aromatic heterocycles. The van der Waals surface area contributed by atoms with Gasteiger partial charge in [-0.05, 0) is 49.9 Å². The minimum atomic E-state index is 0.395. The summed E-state index contributed by atoms with van der Waals surface area (Å²) < 4.78 is 0.